The van der Waals surface area contributed by atoms with E-state index in [9.17, 15) is 19.2 Å². The van der Waals surface area contributed by atoms with Gasteiger partial charge < -0.3 is 31.4 Å². The Balaban J connectivity index is 2.15. The van der Waals surface area contributed by atoms with Crippen molar-refractivity contribution >= 4 is 36.3 Å². The molecule has 11 nitrogen and oxygen atoms in total. The second-order valence-corrected chi connectivity index (χ2v) is 7.27. The fourth-order valence-corrected chi connectivity index (χ4v) is 3.32. The van der Waals surface area contributed by atoms with Crippen LogP contribution in [-0.2, 0) is 25.6 Å². The Morgan fingerprint density at radius 3 is 2.66 bits per heavy atom. The minimum Gasteiger partial charge on any atom is -0.480 e. The minimum absolute atomic E-state index is 0.0748. The van der Waals surface area contributed by atoms with Gasteiger partial charge in [0, 0.05) is 30.6 Å². The molecule has 0 bridgehead atoms. The molecule has 6 N–H and O–H groups in total. The van der Waals surface area contributed by atoms with Crippen LogP contribution in [0.3, 0.4) is 0 Å². The number of carbonyl (C=O) groups excluding carboxylic acids is 3. The summed E-state index contributed by atoms with van der Waals surface area (Å²) in [5, 5.41) is 14.1. The van der Waals surface area contributed by atoms with Crippen molar-refractivity contribution in [1.29, 1.82) is 0 Å². The normalized spacial score (nSPS) is 19.3. The molecular weight excluding hydrogens is 400 g/mol. The fraction of sp³-hybridized carbons (Fsp3) is 0.588. The highest BCUT2D eigenvalue weighted by Crippen LogP contribution is 2.20. The van der Waals surface area contributed by atoms with Crippen molar-refractivity contribution in [3.05, 3.63) is 18.2 Å². The molecule has 0 saturated carbocycles. The summed E-state index contributed by atoms with van der Waals surface area (Å²) >= 11 is 3.93. The molecule has 1 aromatic heterocycles. The first-order valence-corrected chi connectivity index (χ1v) is 9.85. The number of carbonyl (C=O) groups is 4. The van der Waals surface area contributed by atoms with Crippen LogP contribution in [0.2, 0.25) is 0 Å². The second-order valence-electron chi connectivity index (χ2n) is 6.90. The van der Waals surface area contributed by atoms with E-state index in [-0.39, 0.29) is 12.2 Å². The first-order chi connectivity index (χ1) is 13.7. The van der Waals surface area contributed by atoms with Crippen LogP contribution < -0.4 is 16.4 Å². The van der Waals surface area contributed by atoms with E-state index in [0.717, 1.165) is 0 Å². The average Bonchev–Trinajstić information content (AvgIpc) is 3.36. The number of nitrogens with one attached hydrogen (secondary N) is 3. The molecule has 0 radical (unpaired) electrons. The van der Waals surface area contributed by atoms with Gasteiger partial charge in [0.2, 0.25) is 17.7 Å². The van der Waals surface area contributed by atoms with Crippen molar-refractivity contribution in [3.8, 4) is 0 Å². The maximum Gasteiger partial charge on any atom is 0.327 e. The summed E-state index contributed by atoms with van der Waals surface area (Å²) in [6, 6.07) is -3.72. The standard InChI is InChI=1S/C17H26N6O5S/c1-9(18)14(24)21-11(5-10-6-19-8-20-10)16(26)23-4-2-3-13(23)15(25)22-12(7-29)17(27)28/h6,8-9,11-13,29H,2-5,7,18H2,1H3,(H,19,20)(H,21,24)(H,22,25)(H,27,28). The number of thiol groups is 1. The zero-order valence-electron chi connectivity index (χ0n) is 16.0. The summed E-state index contributed by atoms with van der Waals surface area (Å²) < 4.78 is 0. The fourth-order valence-electron chi connectivity index (χ4n) is 3.08. The molecule has 0 spiro atoms. The number of aromatic amines is 1. The highest BCUT2D eigenvalue weighted by Gasteiger charge is 2.39. The molecule has 2 heterocycles. The number of H-pyrrole nitrogens is 1. The van der Waals surface area contributed by atoms with Gasteiger partial charge in [0.1, 0.15) is 18.1 Å². The third-order valence-electron chi connectivity index (χ3n) is 4.64. The molecule has 29 heavy (non-hydrogen) atoms. The van der Waals surface area contributed by atoms with Crippen LogP contribution in [0.1, 0.15) is 25.5 Å². The number of likely N-dealkylation sites (tertiary alicyclic amines) is 1. The largest absolute Gasteiger partial charge is 0.480 e. The van der Waals surface area contributed by atoms with Gasteiger partial charge in [-0.1, -0.05) is 0 Å². The predicted molar refractivity (Wildman–Crippen MR) is 106 cm³/mol. The molecule has 1 fully saturated rings. The van der Waals surface area contributed by atoms with Gasteiger partial charge in [-0.3, -0.25) is 14.4 Å². The van der Waals surface area contributed by atoms with Crippen LogP contribution in [0.25, 0.3) is 0 Å². The van der Waals surface area contributed by atoms with Gasteiger partial charge in [0.25, 0.3) is 0 Å². The lowest BCUT2D eigenvalue weighted by atomic mass is 10.1. The molecule has 1 aromatic rings. The van der Waals surface area contributed by atoms with E-state index in [1.54, 1.807) is 0 Å². The van der Waals surface area contributed by atoms with Gasteiger partial charge in [-0.2, -0.15) is 12.6 Å². The van der Waals surface area contributed by atoms with Crippen molar-refractivity contribution in [2.24, 2.45) is 5.73 Å². The number of nitrogens with two attached hydrogens (primary N) is 1. The van der Waals surface area contributed by atoms with Crippen LogP contribution in [-0.4, -0.2) is 80.1 Å². The van der Waals surface area contributed by atoms with E-state index in [0.29, 0.717) is 25.1 Å². The van der Waals surface area contributed by atoms with Crippen LogP contribution in [0.4, 0.5) is 0 Å². The number of aromatic nitrogens is 2. The van der Waals surface area contributed by atoms with Gasteiger partial charge in [0.15, 0.2) is 0 Å². The number of amides is 3. The molecule has 160 valence electrons. The molecule has 1 aliphatic rings. The predicted octanol–water partition coefficient (Wildman–Crippen LogP) is -1.73. The van der Waals surface area contributed by atoms with E-state index in [1.165, 1.54) is 24.3 Å². The van der Waals surface area contributed by atoms with Crippen molar-refractivity contribution in [2.45, 2.75) is 50.4 Å². The number of hydrogen-bond acceptors (Lipinski definition) is 7. The molecule has 4 unspecified atom stereocenters. The number of rotatable bonds is 9. The van der Waals surface area contributed by atoms with Crippen molar-refractivity contribution in [3.63, 3.8) is 0 Å². The van der Waals surface area contributed by atoms with E-state index >= 15 is 0 Å². The molecule has 0 aromatic carbocycles. The summed E-state index contributed by atoms with van der Waals surface area (Å²) in [5.41, 5.74) is 6.23. The van der Waals surface area contributed by atoms with E-state index in [2.05, 4.69) is 33.2 Å². The third-order valence-corrected chi connectivity index (χ3v) is 5.01. The Hall–Kier alpha value is -2.60. The Morgan fingerprint density at radius 1 is 1.38 bits per heavy atom. The summed E-state index contributed by atoms with van der Waals surface area (Å²) in [4.78, 5) is 57.1. The number of imidazole rings is 1. The van der Waals surface area contributed by atoms with E-state index in [4.69, 9.17) is 10.8 Å². The molecule has 0 aliphatic carbocycles. The Morgan fingerprint density at radius 2 is 2.10 bits per heavy atom. The first kappa shape index (κ1) is 22.7. The van der Waals surface area contributed by atoms with Crippen molar-refractivity contribution in [1.82, 2.24) is 25.5 Å². The summed E-state index contributed by atoms with van der Waals surface area (Å²) in [6.07, 6.45) is 4.13. The highest BCUT2D eigenvalue weighted by molar-refractivity contribution is 7.80. The van der Waals surface area contributed by atoms with Gasteiger partial charge >= 0.3 is 5.97 Å². The molecular formula is C17H26N6O5S. The first-order valence-electron chi connectivity index (χ1n) is 9.22. The number of carboxylic acid groups (broad SMARTS) is 1. The lowest BCUT2D eigenvalue weighted by Crippen LogP contribution is -2.57. The van der Waals surface area contributed by atoms with Crippen LogP contribution >= 0.6 is 12.6 Å². The topological polar surface area (TPSA) is 171 Å². The Kier molecular flexibility index (Phi) is 8.02. The van der Waals surface area contributed by atoms with Crippen molar-refractivity contribution in [2.75, 3.05) is 12.3 Å². The Labute approximate surface area is 173 Å². The molecule has 1 aliphatic heterocycles. The summed E-state index contributed by atoms with van der Waals surface area (Å²) in [6.45, 7) is 1.83. The minimum atomic E-state index is -1.20. The summed E-state index contributed by atoms with van der Waals surface area (Å²) in [7, 11) is 0. The molecule has 2 rings (SSSR count). The van der Waals surface area contributed by atoms with E-state index in [1.807, 2.05) is 0 Å². The lowest BCUT2D eigenvalue weighted by molar-refractivity contribution is -0.144. The van der Waals surface area contributed by atoms with Crippen LogP contribution in [0.5, 0.6) is 0 Å². The Bertz CT molecular complexity index is 741. The average molecular weight is 426 g/mol. The number of hydrogen-bond donors (Lipinski definition) is 6. The third kappa shape index (κ3) is 5.94. The number of carboxylic acids is 1. The zero-order chi connectivity index (χ0) is 21.6. The van der Waals surface area contributed by atoms with Gasteiger partial charge in [-0.05, 0) is 19.8 Å². The smallest absolute Gasteiger partial charge is 0.327 e. The molecule has 4 atom stereocenters. The van der Waals surface area contributed by atoms with Gasteiger partial charge in [0.05, 0.1) is 12.4 Å². The number of nitrogens with zero attached hydrogens (tertiary/aromatic N) is 2. The van der Waals surface area contributed by atoms with Crippen molar-refractivity contribution < 1.29 is 24.3 Å². The van der Waals surface area contributed by atoms with Gasteiger partial charge in [-0.15, -0.1) is 0 Å². The van der Waals surface area contributed by atoms with E-state index < -0.39 is 47.9 Å². The quantitative estimate of drug-likeness (QED) is 0.255. The SMILES string of the molecule is CC(N)C(=O)NC(Cc1cnc[nH]1)C(=O)N1CCCC1C(=O)NC(CS)C(=O)O. The zero-order valence-corrected chi connectivity index (χ0v) is 16.9. The second kappa shape index (κ2) is 10.3. The lowest BCUT2D eigenvalue weighted by Gasteiger charge is -2.29. The van der Waals surface area contributed by atoms with Crippen LogP contribution in [0, 0.1) is 0 Å². The molecule has 12 heteroatoms. The molecule has 3 amide bonds. The molecule has 1 saturated heterocycles. The number of aliphatic carboxylic acids is 1. The highest BCUT2D eigenvalue weighted by atomic mass is 32.1. The summed E-state index contributed by atoms with van der Waals surface area (Å²) in [5.74, 6) is -2.77. The monoisotopic (exact) mass is 426 g/mol. The van der Waals surface area contributed by atoms with Crippen LogP contribution in [0.15, 0.2) is 12.5 Å². The maximum atomic E-state index is 13.2. The van der Waals surface area contributed by atoms with Gasteiger partial charge in [-0.25, -0.2) is 9.78 Å². The maximum absolute atomic E-state index is 13.2.